The van der Waals surface area contributed by atoms with Crippen molar-refractivity contribution in [1.29, 1.82) is 0 Å². The molecule has 0 saturated heterocycles. The van der Waals surface area contributed by atoms with E-state index in [0.717, 1.165) is 11.3 Å². The maximum atomic E-state index is 11.0. The number of nitro groups is 1. The highest BCUT2D eigenvalue weighted by Gasteiger charge is 2.17. The number of benzene rings is 1. The van der Waals surface area contributed by atoms with Crippen LogP contribution in [0.4, 0.5) is 11.4 Å². The molecule has 0 bridgehead atoms. The molecule has 1 heterocycles. The number of furan rings is 1. The molecule has 1 N–H and O–H groups in total. The standard InChI is InChI=1S/C14H16N2O3/c1-10-5-3-7-13(16(17)18)14(10)15-11(2)9-12-6-4-8-19-12/h3-8,11,15H,9H2,1-2H3. The molecule has 2 aromatic rings. The van der Waals surface area contributed by atoms with Gasteiger partial charge in [0.15, 0.2) is 0 Å². The van der Waals surface area contributed by atoms with Crippen LogP contribution in [0.1, 0.15) is 18.2 Å². The molecule has 0 amide bonds. The van der Waals surface area contributed by atoms with Gasteiger partial charge in [-0.05, 0) is 31.5 Å². The van der Waals surface area contributed by atoms with E-state index in [9.17, 15) is 10.1 Å². The van der Waals surface area contributed by atoms with Crippen LogP contribution in [-0.2, 0) is 6.42 Å². The molecule has 0 radical (unpaired) electrons. The maximum absolute atomic E-state index is 11.0. The maximum Gasteiger partial charge on any atom is 0.292 e. The predicted molar refractivity (Wildman–Crippen MR) is 73.3 cm³/mol. The Morgan fingerprint density at radius 3 is 2.79 bits per heavy atom. The average Bonchev–Trinajstić information content (AvgIpc) is 2.84. The van der Waals surface area contributed by atoms with Crippen LogP contribution in [-0.4, -0.2) is 11.0 Å². The molecule has 0 aliphatic heterocycles. The molecule has 1 aromatic heterocycles. The van der Waals surface area contributed by atoms with Gasteiger partial charge in [-0.25, -0.2) is 0 Å². The number of hydrogen-bond acceptors (Lipinski definition) is 4. The lowest BCUT2D eigenvalue weighted by molar-refractivity contribution is -0.384. The Hall–Kier alpha value is -2.30. The zero-order valence-electron chi connectivity index (χ0n) is 10.9. The third kappa shape index (κ3) is 3.13. The molecule has 1 unspecified atom stereocenters. The largest absolute Gasteiger partial charge is 0.469 e. The van der Waals surface area contributed by atoms with Crippen molar-refractivity contribution in [3.8, 4) is 0 Å². The number of rotatable bonds is 5. The van der Waals surface area contributed by atoms with Crippen LogP contribution in [0.2, 0.25) is 0 Å². The first-order chi connectivity index (χ1) is 9.08. The molecule has 19 heavy (non-hydrogen) atoms. The van der Waals surface area contributed by atoms with Gasteiger partial charge in [0.25, 0.3) is 5.69 Å². The van der Waals surface area contributed by atoms with Gasteiger partial charge in [0.05, 0.1) is 11.2 Å². The minimum Gasteiger partial charge on any atom is -0.469 e. The van der Waals surface area contributed by atoms with Crippen molar-refractivity contribution >= 4 is 11.4 Å². The van der Waals surface area contributed by atoms with Crippen LogP contribution in [0.3, 0.4) is 0 Å². The van der Waals surface area contributed by atoms with E-state index in [1.54, 1.807) is 12.3 Å². The molecule has 0 aliphatic rings. The first-order valence-electron chi connectivity index (χ1n) is 6.11. The monoisotopic (exact) mass is 260 g/mol. The van der Waals surface area contributed by atoms with E-state index in [0.29, 0.717) is 12.1 Å². The fraction of sp³-hybridized carbons (Fsp3) is 0.286. The quantitative estimate of drug-likeness (QED) is 0.659. The Labute approximate surface area is 111 Å². The first kappa shape index (κ1) is 13.1. The normalized spacial score (nSPS) is 12.1. The van der Waals surface area contributed by atoms with Crippen LogP contribution in [0.25, 0.3) is 0 Å². The predicted octanol–water partition coefficient (Wildman–Crippen LogP) is 3.54. The Kier molecular flexibility index (Phi) is 3.85. The highest BCUT2D eigenvalue weighted by Crippen LogP contribution is 2.28. The van der Waals surface area contributed by atoms with Crippen LogP contribution in [0.5, 0.6) is 0 Å². The van der Waals surface area contributed by atoms with Crippen molar-refractivity contribution in [3.05, 3.63) is 58.0 Å². The lowest BCUT2D eigenvalue weighted by Gasteiger charge is -2.16. The van der Waals surface area contributed by atoms with E-state index >= 15 is 0 Å². The smallest absolute Gasteiger partial charge is 0.292 e. The molecular weight excluding hydrogens is 244 g/mol. The molecule has 5 nitrogen and oxygen atoms in total. The van der Waals surface area contributed by atoms with Gasteiger partial charge in [-0.1, -0.05) is 12.1 Å². The van der Waals surface area contributed by atoms with Crippen LogP contribution < -0.4 is 5.32 Å². The molecular formula is C14H16N2O3. The molecule has 0 aliphatic carbocycles. The van der Waals surface area contributed by atoms with Gasteiger partial charge in [0.2, 0.25) is 0 Å². The van der Waals surface area contributed by atoms with Crippen molar-refractivity contribution in [1.82, 2.24) is 0 Å². The van der Waals surface area contributed by atoms with E-state index in [2.05, 4.69) is 5.32 Å². The first-order valence-corrected chi connectivity index (χ1v) is 6.11. The second-order valence-electron chi connectivity index (χ2n) is 4.56. The Bertz CT molecular complexity index is 564. The minimum absolute atomic E-state index is 0.0472. The summed E-state index contributed by atoms with van der Waals surface area (Å²) in [5, 5.41) is 14.2. The number of nitrogens with zero attached hydrogens (tertiary/aromatic N) is 1. The third-order valence-corrected chi connectivity index (χ3v) is 2.93. The van der Waals surface area contributed by atoms with Crippen molar-refractivity contribution in [2.75, 3.05) is 5.32 Å². The van der Waals surface area contributed by atoms with Crippen molar-refractivity contribution < 1.29 is 9.34 Å². The summed E-state index contributed by atoms with van der Waals surface area (Å²) in [6.45, 7) is 3.83. The zero-order chi connectivity index (χ0) is 13.8. The number of nitro benzene ring substituents is 1. The van der Waals surface area contributed by atoms with E-state index < -0.39 is 0 Å². The molecule has 0 spiro atoms. The van der Waals surface area contributed by atoms with Crippen LogP contribution >= 0.6 is 0 Å². The van der Waals surface area contributed by atoms with Crippen LogP contribution in [0.15, 0.2) is 41.0 Å². The molecule has 1 atom stereocenters. The van der Waals surface area contributed by atoms with E-state index in [1.807, 2.05) is 32.0 Å². The number of aryl methyl sites for hydroxylation is 1. The van der Waals surface area contributed by atoms with Gasteiger partial charge >= 0.3 is 0 Å². The number of para-hydroxylation sites is 1. The number of anilines is 1. The summed E-state index contributed by atoms with van der Waals surface area (Å²) in [6.07, 6.45) is 2.30. The lowest BCUT2D eigenvalue weighted by Crippen LogP contribution is -2.19. The third-order valence-electron chi connectivity index (χ3n) is 2.93. The van der Waals surface area contributed by atoms with Crippen LogP contribution in [0, 0.1) is 17.0 Å². The van der Waals surface area contributed by atoms with E-state index in [4.69, 9.17) is 4.42 Å². The van der Waals surface area contributed by atoms with Gasteiger partial charge in [0.1, 0.15) is 11.4 Å². The summed E-state index contributed by atoms with van der Waals surface area (Å²) in [7, 11) is 0. The lowest BCUT2D eigenvalue weighted by atomic mass is 10.1. The zero-order valence-corrected chi connectivity index (χ0v) is 10.9. The summed E-state index contributed by atoms with van der Waals surface area (Å²) >= 11 is 0. The summed E-state index contributed by atoms with van der Waals surface area (Å²) in [5.41, 5.74) is 1.54. The number of nitrogens with one attached hydrogen (secondary N) is 1. The molecule has 2 rings (SSSR count). The Morgan fingerprint density at radius 2 is 2.16 bits per heavy atom. The van der Waals surface area contributed by atoms with Crippen molar-refractivity contribution in [2.24, 2.45) is 0 Å². The average molecular weight is 260 g/mol. The Morgan fingerprint density at radius 1 is 1.37 bits per heavy atom. The second-order valence-corrected chi connectivity index (χ2v) is 4.56. The topological polar surface area (TPSA) is 68.3 Å². The fourth-order valence-electron chi connectivity index (χ4n) is 2.02. The Balaban J connectivity index is 2.16. The highest BCUT2D eigenvalue weighted by atomic mass is 16.6. The number of hydrogen-bond donors (Lipinski definition) is 1. The SMILES string of the molecule is Cc1cccc([N+](=O)[O-])c1NC(C)Cc1ccco1. The molecule has 100 valence electrons. The van der Waals surface area contributed by atoms with E-state index in [-0.39, 0.29) is 16.7 Å². The molecule has 0 saturated carbocycles. The summed E-state index contributed by atoms with van der Waals surface area (Å²) < 4.78 is 5.28. The summed E-state index contributed by atoms with van der Waals surface area (Å²) in [5.74, 6) is 0.858. The minimum atomic E-state index is -0.366. The van der Waals surface area contributed by atoms with Gasteiger partial charge in [-0.2, -0.15) is 0 Å². The van der Waals surface area contributed by atoms with Gasteiger partial charge in [0, 0.05) is 18.5 Å². The van der Waals surface area contributed by atoms with Gasteiger partial charge < -0.3 is 9.73 Å². The van der Waals surface area contributed by atoms with Gasteiger partial charge in [-0.3, -0.25) is 10.1 Å². The summed E-state index contributed by atoms with van der Waals surface area (Å²) in [4.78, 5) is 10.7. The molecule has 1 aromatic carbocycles. The summed E-state index contributed by atoms with van der Waals surface area (Å²) in [6, 6.07) is 8.83. The molecule has 0 fully saturated rings. The fourth-order valence-corrected chi connectivity index (χ4v) is 2.02. The van der Waals surface area contributed by atoms with E-state index in [1.165, 1.54) is 6.07 Å². The van der Waals surface area contributed by atoms with Crippen molar-refractivity contribution in [2.45, 2.75) is 26.3 Å². The van der Waals surface area contributed by atoms with Crippen molar-refractivity contribution in [3.63, 3.8) is 0 Å². The highest BCUT2D eigenvalue weighted by molar-refractivity contribution is 5.66. The van der Waals surface area contributed by atoms with Gasteiger partial charge in [-0.15, -0.1) is 0 Å². The molecule has 5 heteroatoms. The second kappa shape index (κ2) is 5.56.